The van der Waals surface area contributed by atoms with E-state index in [4.69, 9.17) is 0 Å². The Bertz CT molecular complexity index is 863. The molecule has 1 N–H and O–H groups in total. The lowest BCUT2D eigenvalue weighted by Gasteiger charge is -2.57. The zero-order valence-electron chi connectivity index (χ0n) is 17.1. The molecule has 4 nitrogen and oxygen atoms in total. The van der Waals surface area contributed by atoms with Gasteiger partial charge in [0, 0.05) is 12.3 Å². The molecule has 0 saturated heterocycles. The lowest BCUT2D eigenvalue weighted by atomic mass is 9.48. The standard InChI is InChI=1S/C23H31NO3S/c1-15(23-12-17-9-18(13-23)11-19(10-17)14-23)8-22(25)24-16(2)20-4-6-21(7-5-20)28(3,26)27/h4-8,16-19H,9-14H2,1-3H3,(H,24,25)/b15-8+/t16-,17?,18?,19?,23?/m1/s1. The van der Waals surface area contributed by atoms with Gasteiger partial charge in [0.2, 0.25) is 5.91 Å². The zero-order valence-corrected chi connectivity index (χ0v) is 17.9. The molecular weight excluding hydrogens is 370 g/mol. The summed E-state index contributed by atoms with van der Waals surface area (Å²) in [5.74, 6) is 2.55. The van der Waals surface area contributed by atoms with Crippen LogP contribution >= 0.6 is 0 Å². The fraction of sp³-hybridized carbons (Fsp3) is 0.609. The zero-order chi connectivity index (χ0) is 20.1. The second-order valence-electron chi connectivity index (χ2n) is 9.60. The van der Waals surface area contributed by atoms with Crippen LogP contribution < -0.4 is 5.32 Å². The summed E-state index contributed by atoms with van der Waals surface area (Å²) in [6.45, 7) is 4.08. The van der Waals surface area contributed by atoms with E-state index in [0.29, 0.717) is 4.90 Å². The quantitative estimate of drug-likeness (QED) is 0.743. The number of benzene rings is 1. The lowest BCUT2D eigenvalue weighted by Crippen LogP contribution is -2.46. The highest BCUT2D eigenvalue weighted by Gasteiger charge is 2.51. The first-order valence-corrected chi connectivity index (χ1v) is 12.3. The summed E-state index contributed by atoms with van der Waals surface area (Å²) in [6.07, 6.45) is 11.0. The first kappa shape index (κ1) is 19.7. The van der Waals surface area contributed by atoms with Crippen LogP contribution in [0, 0.1) is 23.2 Å². The molecular formula is C23H31NO3S. The first-order valence-electron chi connectivity index (χ1n) is 10.4. The Labute approximate surface area is 168 Å². The Balaban J connectivity index is 1.43. The molecule has 0 heterocycles. The summed E-state index contributed by atoms with van der Waals surface area (Å²) in [7, 11) is -3.20. The van der Waals surface area contributed by atoms with E-state index in [1.54, 1.807) is 24.3 Å². The normalized spacial score (nSPS) is 33.0. The summed E-state index contributed by atoms with van der Waals surface area (Å²) in [4.78, 5) is 13.0. The Hall–Kier alpha value is -1.62. The van der Waals surface area contributed by atoms with Gasteiger partial charge in [-0.05, 0) is 93.2 Å². The fourth-order valence-electron chi connectivity index (χ4n) is 6.29. The van der Waals surface area contributed by atoms with Crippen LogP contribution in [0.1, 0.15) is 64.0 Å². The monoisotopic (exact) mass is 401 g/mol. The molecule has 4 aliphatic carbocycles. The molecule has 1 aromatic rings. The van der Waals surface area contributed by atoms with E-state index in [0.717, 1.165) is 23.3 Å². The van der Waals surface area contributed by atoms with Gasteiger partial charge in [-0.1, -0.05) is 17.7 Å². The summed E-state index contributed by atoms with van der Waals surface area (Å²) < 4.78 is 23.2. The van der Waals surface area contributed by atoms with Crippen molar-refractivity contribution in [3.63, 3.8) is 0 Å². The number of allylic oxidation sites excluding steroid dienone is 1. The van der Waals surface area contributed by atoms with Gasteiger partial charge in [0.1, 0.15) is 0 Å². The third-order valence-corrected chi connectivity index (χ3v) is 8.52. The van der Waals surface area contributed by atoms with Crippen LogP contribution in [0.4, 0.5) is 0 Å². The van der Waals surface area contributed by atoms with E-state index in [1.165, 1.54) is 50.4 Å². The van der Waals surface area contributed by atoms with Crippen LogP contribution in [-0.4, -0.2) is 20.6 Å². The van der Waals surface area contributed by atoms with Gasteiger partial charge in [-0.3, -0.25) is 4.79 Å². The van der Waals surface area contributed by atoms with Gasteiger partial charge in [0.15, 0.2) is 9.84 Å². The van der Waals surface area contributed by atoms with Gasteiger partial charge < -0.3 is 5.32 Å². The third-order valence-electron chi connectivity index (χ3n) is 7.39. The molecule has 28 heavy (non-hydrogen) atoms. The van der Waals surface area contributed by atoms with Crippen LogP contribution in [0.3, 0.4) is 0 Å². The van der Waals surface area contributed by atoms with Crippen molar-refractivity contribution in [3.05, 3.63) is 41.5 Å². The maximum absolute atomic E-state index is 12.7. The number of nitrogens with one attached hydrogen (secondary N) is 1. The number of hydrogen-bond donors (Lipinski definition) is 1. The number of carbonyl (C=O) groups is 1. The molecule has 1 aromatic carbocycles. The second kappa shape index (κ2) is 7.01. The van der Waals surface area contributed by atoms with Gasteiger partial charge in [-0.15, -0.1) is 0 Å². The Kier molecular flexibility index (Phi) is 4.93. The minimum absolute atomic E-state index is 0.0482. The predicted molar refractivity (Wildman–Crippen MR) is 110 cm³/mol. The van der Waals surface area contributed by atoms with Crippen molar-refractivity contribution < 1.29 is 13.2 Å². The molecule has 5 heteroatoms. The van der Waals surface area contributed by atoms with Gasteiger partial charge >= 0.3 is 0 Å². The van der Waals surface area contributed by atoms with Crippen molar-refractivity contribution in [1.82, 2.24) is 5.32 Å². The molecule has 4 bridgehead atoms. The van der Waals surface area contributed by atoms with Crippen molar-refractivity contribution in [2.24, 2.45) is 23.2 Å². The van der Waals surface area contributed by atoms with Crippen LogP contribution in [-0.2, 0) is 14.6 Å². The van der Waals surface area contributed by atoms with Gasteiger partial charge in [-0.25, -0.2) is 8.42 Å². The highest BCUT2D eigenvalue weighted by atomic mass is 32.2. The topological polar surface area (TPSA) is 63.2 Å². The fourth-order valence-corrected chi connectivity index (χ4v) is 6.92. The molecule has 0 aromatic heterocycles. The van der Waals surface area contributed by atoms with E-state index < -0.39 is 9.84 Å². The molecule has 0 aliphatic heterocycles. The van der Waals surface area contributed by atoms with Gasteiger partial charge in [0.05, 0.1) is 10.9 Å². The molecule has 4 fully saturated rings. The first-order chi connectivity index (χ1) is 13.1. The number of hydrogen-bond acceptors (Lipinski definition) is 3. The molecule has 0 spiro atoms. The van der Waals surface area contributed by atoms with E-state index in [1.807, 2.05) is 13.0 Å². The average Bonchev–Trinajstić information content (AvgIpc) is 2.59. The highest BCUT2D eigenvalue weighted by molar-refractivity contribution is 7.90. The summed E-state index contributed by atoms with van der Waals surface area (Å²) in [6, 6.07) is 6.59. The Morgan fingerprint density at radius 1 is 1.07 bits per heavy atom. The third kappa shape index (κ3) is 3.78. The molecule has 1 atom stereocenters. The van der Waals surface area contributed by atoms with Crippen LogP contribution in [0.5, 0.6) is 0 Å². The molecule has 0 unspecified atom stereocenters. The smallest absolute Gasteiger partial charge is 0.244 e. The molecule has 0 radical (unpaired) electrons. The van der Waals surface area contributed by atoms with Crippen molar-refractivity contribution in [1.29, 1.82) is 0 Å². The van der Waals surface area contributed by atoms with E-state index in [-0.39, 0.29) is 17.4 Å². The Morgan fingerprint density at radius 2 is 1.57 bits per heavy atom. The van der Waals surface area contributed by atoms with Crippen LogP contribution in [0.2, 0.25) is 0 Å². The van der Waals surface area contributed by atoms with Crippen LogP contribution in [0.25, 0.3) is 0 Å². The second-order valence-corrected chi connectivity index (χ2v) is 11.6. The minimum atomic E-state index is -3.20. The van der Waals surface area contributed by atoms with Crippen LogP contribution in [0.15, 0.2) is 40.8 Å². The number of carbonyl (C=O) groups excluding carboxylic acids is 1. The van der Waals surface area contributed by atoms with E-state index in [2.05, 4.69) is 12.2 Å². The largest absolute Gasteiger partial charge is 0.346 e. The number of rotatable bonds is 5. The van der Waals surface area contributed by atoms with Crippen molar-refractivity contribution >= 4 is 15.7 Å². The summed E-state index contributed by atoms with van der Waals surface area (Å²) in [5.41, 5.74) is 2.41. The van der Waals surface area contributed by atoms with Crippen molar-refractivity contribution in [2.45, 2.75) is 63.3 Å². The van der Waals surface area contributed by atoms with Gasteiger partial charge in [-0.2, -0.15) is 0 Å². The number of sulfone groups is 1. The Morgan fingerprint density at radius 3 is 2.04 bits per heavy atom. The molecule has 1 amide bonds. The molecule has 5 rings (SSSR count). The average molecular weight is 402 g/mol. The highest BCUT2D eigenvalue weighted by Crippen LogP contribution is 2.62. The molecule has 4 aliphatic rings. The SMILES string of the molecule is C/C(=C\C(=O)N[C@H](C)c1ccc(S(C)(=O)=O)cc1)C12CC3CC(CC(C3)C1)C2. The van der Waals surface area contributed by atoms with Crippen molar-refractivity contribution in [2.75, 3.05) is 6.26 Å². The minimum Gasteiger partial charge on any atom is -0.346 e. The molecule has 4 saturated carbocycles. The summed E-state index contributed by atoms with van der Waals surface area (Å²) in [5, 5.41) is 3.05. The van der Waals surface area contributed by atoms with E-state index >= 15 is 0 Å². The lowest BCUT2D eigenvalue weighted by molar-refractivity contribution is -0.117. The number of amides is 1. The maximum atomic E-state index is 12.7. The summed E-state index contributed by atoms with van der Waals surface area (Å²) >= 11 is 0. The maximum Gasteiger partial charge on any atom is 0.244 e. The molecule has 152 valence electrons. The van der Waals surface area contributed by atoms with Crippen molar-refractivity contribution in [3.8, 4) is 0 Å². The van der Waals surface area contributed by atoms with Gasteiger partial charge in [0.25, 0.3) is 0 Å². The van der Waals surface area contributed by atoms with E-state index in [9.17, 15) is 13.2 Å². The predicted octanol–water partition coefficient (Wildman–Crippen LogP) is 4.43.